The highest BCUT2D eigenvalue weighted by molar-refractivity contribution is 7.89. The third-order valence-electron chi connectivity index (χ3n) is 4.91. The lowest BCUT2D eigenvalue weighted by molar-refractivity contribution is 0.101. The fourth-order valence-corrected chi connectivity index (χ4v) is 4.40. The molecule has 0 bridgehead atoms. The number of ketones is 1. The molecular formula is C21H26N2O3S. The van der Waals surface area contributed by atoms with Crippen LogP contribution in [0.3, 0.4) is 0 Å². The molecule has 1 aliphatic heterocycles. The maximum absolute atomic E-state index is 12.4. The molecule has 0 radical (unpaired) electrons. The minimum Gasteiger partial charge on any atom is -0.372 e. The Balaban J connectivity index is 1.57. The van der Waals surface area contributed by atoms with Crippen molar-refractivity contribution in [3.05, 3.63) is 59.7 Å². The standard InChI is InChI=1S/C21H26N2O3S/c1-17(24)19-6-5-7-21(16-19)27(25,26)22-13-12-18-8-10-20(11-9-18)23-14-3-2-4-15-23/h5-11,16,22H,2-4,12-15H2,1H3. The van der Waals surface area contributed by atoms with Gasteiger partial charge in [-0.1, -0.05) is 24.3 Å². The molecule has 1 fully saturated rings. The predicted octanol–water partition coefficient (Wildman–Crippen LogP) is 3.40. The molecular weight excluding hydrogens is 360 g/mol. The van der Waals surface area contributed by atoms with Gasteiger partial charge in [-0.25, -0.2) is 13.1 Å². The molecule has 5 nitrogen and oxygen atoms in total. The van der Waals surface area contributed by atoms with Crippen LogP contribution < -0.4 is 9.62 Å². The van der Waals surface area contributed by atoms with Gasteiger partial charge in [-0.2, -0.15) is 0 Å². The second-order valence-electron chi connectivity index (χ2n) is 6.95. The first kappa shape index (κ1) is 19.6. The van der Waals surface area contributed by atoms with E-state index in [9.17, 15) is 13.2 Å². The van der Waals surface area contributed by atoms with Crippen molar-refractivity contribution in [1.82, 2.24) is 4.72 Å². The average Bonchev–Trinajstić information content (AvgIpc) is 2.69. The summed E-state index contributed by atoms with van der Waals surface area (Å²) in [7, 11) is -3.62. The summed E-state index contributed by atoms with van der Waals surface area (Å²) in [6.07, 6.45) is 4.42. The zero-order chi connectivity index (χ0) is 19.3. The summed E-state index contributed by atoms with van der Waals surface area (Å²) in [5.74, 6) is -0.152. The molecule has 3 rings (SSSR count). The van der Waals surface area contributed by atoms with Gasteiger partial charge in [0.25, 0.3) is 0 Å². The molecule has 2 aromatic carbocycles. The van der Waals surface area contributed by atoms with Gasteiger partial charge in [-0.15, -0.1) is 0 Å². The molecule has 1 aliphatic rings. The zero-order valence-electron chi connectivity index (χ0n) is 15.6. The molecule has 1 N–H and O–H groups in total. The minimum absolute atomic E-state index is 0.121. The Morgan fingerprint density at radius 2 is 1.74 bits per heavy atom. The van der Waals surface area contributed by atoms with E-state index in [2.05, 4.69) is 33.9 Å². The highest BCUT2D eigenvalue weighted by Crippen LogP contribution is 2.20. The van der Waals surface area contributed by atoms with Crippen molar-refractivity contribution in [2.75, 3.05) is 24.5 Å². The first-order chi connectivity index (χ1) is 13.0. The maximum Gasteiger partial charge on any atom is 0.240 e. The average molecular weight is 387 g/mol. The quantitative estimate of drug-likeness (QED) is 0.741. The molecule has 0 amide bonds. The van der Waals surface area contributed by atoms with Crippen molar-refractivity contribution in [2.24, 2.45) is 0 Å². The monoisotopic (exact) mass is 386 g/mol. The van der Waals surface area contributed by atoms with Crippen LogP contribution in [0.4, 0.5) is 5.69 Å². The lowest BCUT2D eigenvalue weighted by Gasteiger charge is -2.28. The van der Waals surface area contributed by atoms with Crippen molar-refractivity contribution in [3.63, 3.8) is 0 Å². The summed E-state index contributed by atoms with van der Waals surface area (Å²) in [5, 5.41) is 0. The Bertz CT molecular complexity index is 886. The summed E-state index contributed by atoms with van der Waals surface area (Å²) in [6, 6.07) is 14.5. The van der Waals surface area contributed by atoms with E-state index < -0.39 is 10.0 Å². The summed E-state index contributed by atoms with van der Waals surface area (Å²) >= 11 is 0. The van der Waals surface area contributed by atoms with Gasteiger partial charge in [0.2, 0.25) is 10.0 Å². The van der Waals surface area contributed by atoms with Crippen molar-refractivity contribution in [3.8, 4) is 0 Å². The molecule has 6 heteroatoms. The Morgan fingerprint density at radius 3 is 2.41 bits per heavy atom. The molecule has 0 aromatic heterocycles. The van der Waals surface area contributed by atoms with Crippen LogP contribution in [-0.2, 0) is 16.4 Å². The highest BCUT2D eigenvalue weighted by atomic mass is 32.2. The number of sulfonamides is 1. The second-order valence-corrected chi connectivity index (χ2v) is 8.71. The Morgan fingerprint density at radius 1 is 1.04 bits per heavy atom. The number of Topliss-reactive ketones (excluding diaryl/α,β-unsaturated/α-hetero) is 1. The molecule has 0 aliphatic carbocycles. The normalized spacial score (nSPS) is 14.9. The third kappa shape index (κ3) is 5.17. The van der Waals surface area contributed by atoms with Crippen molar-refractivity contribution in [1.29, 1.82) is 0 Å². The number of nitrogens with one attached hydrogen (secondary N) is 1. The fraction of sp³-hybridized carbons (Fsp3) is 0.381. The largest absolute Gasteiger partial charge is 0.372 e. The van der Waals surface area contributed by atoms with Crippen LogP contribution in [0, 0.1) is 0 Å². The van der Waals surface area contributed by atoms with Crippen LogP contribution in [0.5, 0.6) is 0 Å². The van der Waals surface area contributed by atoms with E-state index >= 15 is 0 Å². The number of anilines is 1. The van der Waals surface area contributed by atoms with E-state index in [0.717, 1.165) is 18.7 Å². The lowest BCUT2D eigenvalue weighted by Crippen LogP contribution is -2.29. The molecule has 144 valence electrons. The number of benzene rings is 2. The summed E-state index contributed by atoms with van der Waals surface area (Å²) in [5.41, 5.74) is 2.72. The van der Waals surface area contributed by atoms with Gasteiger partial charge in [0.05, 0.1) is 4.90 Å². The smallest absolute Gasteiger partial charge is 0.240 e. The Labute approximate surface area is 161 Å². The lowest BCUT2D eigenvalue weighted by atomic mass is 10.1. The fourth-order valence-electron chi connectivity index (χ4n) is 3.32. The van der Waals surface area contributed by atoms with Gasteiger partial charge in [0.15, 0.2) is 5.78 Å². The Hall–Kier alpha value is -2.18. The van der Waals surface area contributed by atoms with E-state index in [1.807, 2.05) is 0 Å². The van der Waals surface area contributed by atoms with Crippen molar-refractivity contribution in [2.45, 2.75) is 37.5 Å². The van der Waals surface area contributed by atoms with Gasteiger partial charge < -0.3 is 4.90 Å². The van der Waals surface area contributed by atoms with Gasteiger partial charge in [0, 0.05) is 30.9 Å². The van der Waals surface area contributed by atoms with E-state index in [0.29, 0.717) is 18.5 Å². The number of carbonyl (C=O) groups excluding carboxylic acids is 1. The molecule has 27 heavy (non-hydrogen) atoms. The summed E-state index contributed by atoms with van der Waals surface area (Å²) < 4.78 is 27.5. The van der Waals surface area contributed by atoms with Crippen LogP contribution in [0.15, 0.2) is 53.4 Å². The number of carbonyl (C=O) groups is 1. The van der Waals surface area contributed by atoms with E-state index in [4.69, 9.17) is 0 Å². The second kappa shape index (κ2) is 8.67. The van der Waals surface area contributed by atoms with Gasteiger partial charge in [0.1, 0.15) is 0 Å². The molecule has 1 saturated heterocycles. The number of piperidine rings is 1. The summed E-state index contributed by atoms with van der Waals surface area (Å²) in [6.45, 7) is 3.96. The number of hydrogen-bond acceptors (Lipinski definition) is 4. The van der Waals surface area contributed by atoms with Crippen molar-refractivity contribution < 1.29 is 13.2 Å². The molecule has 1 heterocycles. The van der Waals surface area contributed by atoms with E-state index in [1.54, 1.807) is 12.1 Å². The number of hydrogen-bond donors (Lipinski definition) is 1. The molecule has 2 aromatic rings. The number of rotatable bonds is 7. The van der Waals surface area contributed by atoms with Gasteiger partial charge >= 0.3 is 0 Å². The number of nitrogens with zero attached hydrogens (tertiary/aromatic N) is 1. The van der Waals surface area contributed by atoms with Crippen LogP contribution in [0.25, 0.3) is 0 Å². The SMILES string of the molecule is CC(=O)c1cccc(S(=O)(=O)NCCc2ccc(N3CCCCC3)cc2)c1. The maximum atomic E-state index is 12.4. The first-order valence-electron chi connectivity index (χ1n) is 9.40. The van der Waals surface area contributed by atoms with Gasteiger partial charge in [-0.05, 0) is 62.4 Å². The molecule has 0 atom stereocenters. The van der Waals surface area contributed by atoms with Crippen LogP contribution in [0.1, 0.15) is 42.1 Å². The van der Waals surface area contributed by atoms with Crippen LogP contribution >= 0.6 is 0 Å². The predicted molar refractivity (Wildman–Crippen MR) is 108 cm³/mol. The van der Waals surface area contributed by atoms with Crippen LogP contribution in [0.2, 0.25) is 0 Å². The molecule has 0 spiro atoms. The van der Waals surface area contributed by atoms with Crippen molar-refractivity contribution >= 4 is 21.5 Å². The Kier molecular flexibility index (Phi) is 6.29. The molecule has 0 saturated carbocycles. The van der Waals surface area contributed by atoms with Gasteiger partial charge in [-0.3, -0.25) is 4.79 Å². The van der Waals surface area contributed by atoms with E-state index in [1.165, 1.54) is 44.0 Å². The van der Waals surface area contributed by atoms with E-state index in [-0.39, 0.29) is 10.7 Å². The molecule has 0 unspecified atom stereocenters. The topological polar surface area (TPSA) is 66.5 Å². The highest BCUT2D eigenvalue weighted by Gasteiger charge is 2.15. The minimum atomic E-state index is -3.62. The zero-order valence-corrected chi connectivity index (χ0v) is 16.5. The summed E-state index contributed by atoms with van der Waals surface area (Å²) in [4.78, 5) is 14.0. The third-order valence-corrected chi connectivity index (χ3v) is 6.37. The first-order valence-corrected chi connectivity index (χ1v) is 10.9. The van der Waals surface area contributed by atoms with Crippen LogP contribution in [-0.4, -0.2) is 33.8 Å².